The van der Waals surface area contributed by atoms with Gasteiger partial charge < -0.3 is 4.74 Å². The first-order valence-electron chi connectivity index (χ1n) is 9.22. The van der Waals surface area contributed by atoms with Crippen molar-refractivity contribution in [2.75, 3.05) is 11.4 Å². The van der Waals surface area contributed by atoms with Gasteiger partial charge in [-0.3, -0.25) is 19.6 Å². The van der Waals surface area contributed by atoms with Crippen LogP contribution in [0.1, 0.15) is 31.1 Å². The van der Waals surface area contributed by atoms with Crippen LogP contribution < -0.4 is 4.90 Å². The number of rotatable bonds is 5. The molecule has 1 amide bonds. The van der Waals surface area contributed by atoms with Crippen LogP contribution in [0.3, 0.4) is 0 Å². The van der Waals surface area contributed by atoms with E-state index < -0.39 is 41.2 Å². The van der Waals surface area contributed by atoms with E-state index in [4.69, 9.17) is 4.74 Å². The van der Waals surface area contributed by atoms with Crippen LogP contribution in [0, 0.1) is 11.6 Å². The maximum Gasteiger partial charge on any atom is 0.326 e. The number of nitrogens with one attached hydrogen (secondary N) is 1. The number of esters is 1. The summed E-state index contributed by atoms with van der Waals surface area (Å²) < 4.78 is 33.8. The molecule has 8 heteroatoms. The van der Waals surface area contributed by atoms with Gasteiger partial charge in [-0.05, 0) is 50.6 Å². The zero-order chi connectivity index (χ0) is 21.9. The van der Waals surface area contributed by atoms with E-state index >= 15 is 0 Å². The second-order valence-electron chi connectivity index (χ2n) is 7.61. The highest BCUT2D eigenvalue weighted by atomic mass is 19.1. The molecule has 0 aliphatic rings. The van der Waals surface area contributed by atoms with Gasteiger partial charge in [0.15, 0.2) is 0 Å². The molecule has 0 fully saturated rings. The molecule has 156 valence electrons. The lowest BCUT2D eigenvalue weighted by Gasteiger charge is -2.26. The fourth-order valence-electron chi connectivity index (χ4n) is 2.88. The molecular formula is C22H21F2N3O3. The average molecular weight is 413 g/mol. The van der Waals surface area contributed by atoms with Gasteiger partial charge in [0, 0.05) is 17.4 Å². The van der Waals surface area contributed by atoms with Crippen molar-refractivity contribution in [1.82, 2.24) is 10.2 Å². The predicted octanol–water partition coefficient (Wildman–Crippen LogP) is 4.34. The number of hydrogen-bond donors (Lipinski definition) is 1. The summed E-state index contributed by atoms with van der Waals surface area (Å²) in [6.07, 6.45) is 3.26. The number of halogens is 2. The maximum absolute atomic E-state index is 14.3. The van der Waals surface area contributed by atoms with E-state index in [1.165, 1.54) is 6.07 Å². The van der Waals surface area contributed by atoms with Crippen LogP contribution in [0.15, 0.2) is 54.9 Å². The van der Waals surface area contributed by atoms with Crippen LogP contribution in [0.4, 0.5) is 14.5 Å². The fourth-order valence-corrected chi connectivity index (χ4v) is 2.88. The highest BCUT2D eigenvalue weighted by molar-refractivity contribution is 6.08. The third-order valence-corrected chi connectivity index (χ3v) is 4.12. The second-order valence-corrected chi connectivity index (χ2v) is 7.61. The van der Waals surface area contributed by atoms with E-state index in [1.807, 2.05) is 0 Å². The first-order valence-corrected chi connectivity index (χ1v) is 9.22. The topological polar surface area (TPSA) is 75.3 Å². The van der Waals surface area contributed by atoms with E-state index in [0.29, 0.717) is 5.56 Å². The van der Waals surface area contributed by atoms with Gasteiger partial charge in [0.25, 0.3) is 5.91 Å². The van der Waals surface area contributed by atoms with E-state index in [9.17, 15) is 18.4 Å². The maximum atomic E-state index is 14.3. The Morgan fingerprint density at radius 1 is 1.07 bits per heavy atom. The van der Waals surface area contributed by atoms with Crippen molar-refractivity contribution in [2.45, 2.75) is 26.4 Å². The summed E-state index contributed by atoms with van der Waals surface area (Å²) in [6.45, 7) is 4.55. The molecule has 0 bridgehead atoms. The summed E-state index contributed by atoms with van der Waals surface area (Å²) >= 11 is 0. The lowest BCUT2D eigenvalue weighted by atomic mass is 10.1. The molecular weight excluding hydrogens is 392 g/mol. The lowest BCUT2D eigenvalue weighted by molar-refractivity contribution is -0.152. The molecule has 30 heavy (non-hydrogen) atoms. The number of nitrogens with zero attached hydrogens (tertiary/aromatic N) is 2. The van der Waals surface area contributed by atoms with Crippen LogP contribution in [0.2, 0.25) is 0 Å². The van der Waals surface area contributed by atoms with Crippen molar-refractivity contribution in [3.8, 4) is 11.1 Å². The van der Waals surface area contributed by atoms with Gasteiger partial charge in [0.1, 0.15) is 29.3 Å². The normalized spacial score (nSPS) is 11.2. The zero-order valence-corrected chi connectivity index (χ0v) is 16.8. The largest absolute Gasteiger partial charge is 0.459 e. The molecule has 6 nitrogen and oxygen atoms in total. The van der Waals surface area contributed by atoms with Gasteiger partial charge in [-0.15, -0.1) is 0 Å². The van der Waals surface area contributed by atoms with Crippen molar-refractivity contribution in [1.29, 1.82) is 0 Å². The predicted molar refractivity (Wildman–Crippen MR) is 108 cm³/mol. The Kier molecular flexibility index (Phi) is 5.96. The molecule has 1 N–H and O–H groups in total. The van der Waals surface area contributed by atoms with Gasteiger partial charge in [0.05, 0.1) is 6.20 Å². The molecule has 3 aromatic rings. The number of carbonyl (C=O) groups excluding carboxylic acids is 2. The van der Waals surface area contributed by atoms with E-state index in [1.54, 1.807) is 57.4 Å². The molecule has 3 rings (SSSR count). The van der Waals surface area contributed by atoms with E-state index in [2.05, 4.69) is 10.2 Å². The molecule has 0 aliphatic carbocycles. The molecule has 0 atom stereocenters. The van der Waals surface area contributed by atoms with Crippen molar-refractivity contribution >= 4 is 17.6 Å². The first-order chi connectivity index (χ1) is 14.2. The number of ether oxygens (including phenoxy) is 1. The van der Waals surface area contributed by atoms with Gasteiger partial charge in [-0.1, -0.05) is 18.2 Å². The first kappa shape index (κ1) is 21.2. The number of aromatic amines is 1. The highest BCUT2D eigenvalue weighted by Crippen LogP contribution is 2.26. The van der Waals surface area contributed by atoms with Gasteiger partial charge >= 0.3 is 5.97 Å². The third-order valence-electron chi connectivity index (χ3n) is 4.12. The summed E-state index contributed by atoms with van der Waals surface area (Å²) in [5, 5.41) is 6.58. The number of H-pyrrole nitrogens is 1. The Morgan fingerprint density at radius 3 is 2.33 bits per heavy atom. The Labute approximate surface area is 172 Å². The lowest BCUT2D eigenvalue weighted by Crippen LogP contribution is -2.39. The molecule has 0 unspecified atom stereocenters. The minimum atomic E-state index is -1.01. The summed E-state index contributed by atoms with van der Waals surface area (Å²) in [4.78, 5) is 26.5. The summed E-state index contributed by atoms with van der Waals surface area (Å²) in [6, 6.07) is 9.81. The van der Waals surface area contributed by atoms with Crippen LogP contribution in [-0.2, 0) is 9.53 Å². The molecule has 0 radical (unpaired) electrons. The summed E-state index contributed by atoms with van der Waals surface area (Å²) in [5.41, 5.74) is 0.214. The van der Waals surface area contributed by atoms with Gasteiger partial charge in [-0.25, -0.2) is 8.78 Å². The second kappa shape index (κ2) is 8.44. The van der Waals surface area contributed by atoms with E-state index in [-0.39, 0.29) is 5.69 Å². The minimum Gasteiger partial charge on any atom is -0.459 e. The number of aromatic nitrogens is 2. The smallest absolute Gasteiger partial charge is 0.326 e. The van der Waals surface area contributed by atoms with Crippen LogP contribution in [-0.4, -0.2) is 34.2 Å². The fraction of sp³-hybridized carbons (Fsp3) is 0.227. The quantitative estimate of drug-likeness (QED) is 0.632. The number of amides is 1. The molecule has 2 aromatic carbocycles. The van der Waals surface area contributed by atoms with Crippen LogP contribution >= 0.6 is 0 Å². The minimum absolute atomic E-state index is 0.284. The summed E-state index contributed by atoms with van der Waals surface area (Å²) in [7, 11) is 0. The Balaban J connectivity index is 2.03. The van der Waals surface area contributed by atoms with Crippen LogP contribution in [0.25, 0.3) is 11.1 Å². The van der Waals surface area contributed by atoms with Gasteiger partial charge in [0.2, 0.25) is 0 Å². The Bertz CT molecular complexity index is 1040. The van der Waals surface area contributed by atoms with Crippen LogP contribution in [0.5, 0.6) is 0 Å². The number of anilines is 1. The Morgan fingerprint density at radius 2 is 1.73 bits per heavy atom. The van der Waals surface area contributed by atoms with Crippen molar-refractivity contribution in [3.63, 3.8) is 0 Å². The number of carbonyl (C=O) groups is 2. The monoisotopic (exact) mass is 413 g/mol. The highest BCUT2D eigenvalue weighted by Gasteiger charge is 2.28. The zero-order valence-electron chi connectivity index (χ0n) is 16.8. The summed E-state index contributed by atoms with van der Waals surface area (Å²) in [5.74, 6) is -3.72. The van der Waals surface area contributed by atoms with Gasteiger partial charge in [-0.2, -0.15) is 5.10 Å². The van der Waals surface area contributed by atoms with Crippen molar-refractivity contribution < 1.29 is 23.1 Å². The molecule has 0 saturated heterocycles. The third kappa shape index (κ3) is 4.89. The molecule has 0 saturated carbocycles. The SMILES string of the molecule is CC(C)(C)OC(=O)CN(C(=O)c1c(F)cccc1F)c1cccc(-c2cn[nH]c2)c1. The molecule has 0 aliphatic heterocycles. The van der Waals surface area contributed by atoms with E-state index in [0.717, 1.165) is 22.6 Å². The molecule has 1 heterocycles. The van der Waals surface area contributed by atoms with Crippen molar-refractivity contribution in [2.24, 2.45) is 0 Å². The average Bonchev–Trinajstić information content (AvgIpc) is 3.19. The number of hydrogen-bond acceptors (Lipinski definition) is 4. The standard InChI is InChI=1S/C22H21F2N3O3/c1-22(2,3)30-19(28)13-27(21(29)20-17(23)8-5-9-18(20)24)16-7-4-6-14(10-16)15-11-25-26-12-15/h4-12H,13H2,1-3H3,(H,25,26). The number of benzene rings is 2. The van der Waals surface area contributed by atoms with Crippen molar-refractivity contribution in [3.05, 3.63) is 72.1 Å². The Hall–Kier alpha value is -3.55. The molecule has 1 aromatic heterocycles. The molecule has 0 spiro atoms.